The van der Waals surface area contributed by atoms with Gasteiger partial charge >= 0.3 is 6.03 Å². The van der Waals surface area contributed by atoms with Gasteiger partial charge in [0.15, 0.2) is 6.23 Å². The quantitative estimate of drug-likeness (QED) is 0.398. The van der Waals surface area contributed by atoms with E-state index < -0.39 is 18.4 Å². The highest BCUT2D eigenvalue weighted by molar-refractivity contribution is 6.08. The van der Waals surface area contributed by atoms with Crippen LogP contribution in [0, 0.1) is 0 Å². The molecule has 0 bridgehead atoms. The third kappa shape index (κ3) is 5.51. The molecule has 2 radical (unpaired) electrons. The zero-order chi connectivity index (χ0) is 15.7. The molecule has 1 saturated heterocycles. The second-order valence-corrected chi connectivity index (χ2v) is 4.68. The lowest BCUT2D eigenvalue weighted by atomic mass is 10.1. The van der Waals surface area contributed by atoms with Crippen molar-refractivity contribution in [2.75, 3.05) is 26.3 Å². The van der Waals surface area contributed by atoms with Crippen LogP contribution in [0.15, 0.2) is 25.3 Å². The molecule has 1 heterocycles. The number of carbonyl (C=O) groups is 1. The zero-order valence-electron chi connectivity index (χ0n) is 12.2. The Kier molecular flexibility index (Phi) is 8.08. The number of rotatable bonds is 9. The van der Waals surface area contributed by atoms with E-state index in [2.05, 4.69) is 18.5 Å². The molecule has 5 nitrogen and oxygen atoms in total. The molecule has 0 aliphatic carbocycles. The molecular weight excluding hydrogens is 274 g/mol. The normalized spacial score (nSPS) is 24.5. The highest BCUT2D eigenvalue weighted by Gasteiger charge is 2.40. The summed E-state index contributed by atoms with van der Waals surface area (Å²) in [7, 11) is 5.32. The Hall–Kier alpha value is -1.34. The molecule has 0 aromatic rings. The first-order valence-electron chi connectivity index (χ1n) is 6.97. The number of urea groups is 1. The Bertz CT molecular complexity index is 357. The van der Waals surface area contributed by atoms with E-state index in [0.29, 0.717) is 19.5 Å². The van der Waals surface area contributed by atoms with Gasteiger partial charge in [0.05, 0.1) is 20.6 Å². The molecule has 0 aromatic carbocycles. The molecule has 0 aromatic heterocycles. The van der Waals surface area contributed by atoms with Gasteiger partial charge in [0.2, 0.25) is 0 Å². The third-order valence-electron chi connectivity index (χ3n) is 2.99. The lowest BCUT2D eigenvalue weighted by Gasteiger charge is -2.28. The van der Waals surface area contributed by atoms with Crippen LogP contribution in [0.25, 0.3) is 0 Å². The number of hydrogen-bond donors (Lipinski definition) is 1. The first-order valence-corrected chi connectivity index (χ1v) is 6.97. The Balaban J connectivity index is 2.58. The highest BCUT2D eigenvalue weighted by atomic mass is 19.1. The number of alkyl halides is 1. The number of halogens is 1. The number of amides is 2. The van der Waals surface area contributed by atoms with Crippen LogP contribution in [0.4, 0.5) is 9.18 Å². The maximum atomic E-state index is 14.1. The molecule has 1 unspecified atom stereocenters. The SMILES string of the molecule is [B]CCOC[C@@H]1C[C@H](F)C(N(CC=C)C(=O)NCC=C)O1. The van der Waals surface area contributed by atoms with Crippen molar-refractivity contribution in [3.05, 3.63) is 25.3 Å². The second-order valence-electron chi connectivity index (χ2n) is 4.68. The summed E-state index contributed by atoms with van der Waals surface area (Å²) >= 11 is 0. The maximum absolute atomic E-state index is 14.1. The Morgan fingerprint density at radius 1 is 1.52 bits per heavy atom. The summed E-state index contributed by atoms with van der Waals surface area (Å²) in [6.07, 6.45) is 1.11. The molecule has 2 amide bonds. The number of ether oxygens (including phenoxy) is 2. The number of nitrogens with zero attached hydrogens (tertiary/aromatic N) is 1. The van der Waals surface area contributed by atoms with E-state index >= 15 is 0 Å². The third-order valence-corrected chi connectivity index (χ3v) is 2.99. The summed E-state index contributed by atoms with van der Waals surface area (Å²) in [6, 6.07) is -0.411. The fourth-order valence-corrected chi connectivity index (χ4v) is 2.08. The molecule has 1 N–H and O–H groups in total. The Morgan fingerprint density at radius 2 is 2.29 bits per heavy atom. The number of hydrogen-bond acceptors (Lipinski definition) is 3. The van der Waals surface area contributed by atoms with Crippen LogP contribution in [0.3, 0.4) is 0 Å². The topological polar surface area (TPSA) is 50.8 Å². The van der Waals surface area contributed by atoms with E-state index in [1.807, 2.05) is 0 Å². The van der Waals surface area contributed by atoms with E-state index in [1.54, 1.807) is 6.08 Å². The van der Waals surface area contributed by atoms with Gasteiger partial charge in [0, 0.05) is 26.1 Å². The van der Waals surface area contributed by atoms with Crippen LogP contribution in [-0.4, -0.2) is 63.6 Å². The van der Waals surface area contributed by atoms with Gasteiger partial charge in [0.1, 0.15) is 6.17 Å². The van der Waals surface area contributed by atoms with Crippen molar-refractivity contribution >= 4 is 13.9 Å². The van der Waals surface area contributed by atoms with Gasteiger partial charge in [-0.2, -0.15) is 0 Å². The first-order chi connectivity index (χ1) is 10.1. The van der Waals surface area contributed by atoms with Crippen molar-refractivity contribution in [1.82, 2.24) is 10.2 Å². The summed E-state index contributed by atoms with van der Waals surface area (Å²) in [4.78, 5) is 13.3. The summed E-state index contributed by atoms with van der Waals surface area (Å²) in [5, 5.41) is 2.61. The van der Waals surface area contributed by atoms with E-state index in [4.69, 9.17) is 17.3 Å². The van der Waals surface area contributed by atoms with Crippen molar-refractivity contribution in [3.8, 4) is 0 Å². The fraction of sp³-hybridized carbons (Fsp3) is 0.643. The van der Waals surface area contributed by atoms with Crippen molar-refractivity contribution in [2.24, 2.45) is 0 Å². The predicted molar refractivity (Wildman–Crippen MR) is 80.1 cm³/mol. The average molecular weight is 296 g/mol. The molecule has 0 saturated carbocycles. The van der Waals surface area contributed by atoms with Gasteiger partial charge < -0.3 is 14.8 Å². The van der Waals surface area contributed by atoms with Gasteiger partial charge in [-0.25, -0.2) is 9.18 Å². The minimum atomic E-state index is -1.26. The molecule has 3 atom stereocenters. The summed E-state index contributed by atoms with van der Waals surface area (Å²) in [5.74, 6) is 0. The molecule has 1 fully saturated rings. The summed E-state index contributed by atoms with van der Waals surface area (Å²) < 4.78 is 25.0. The van der Waals surface area contributed by atoms with Crippen molar-refractivity contribution in [3.63, 3.8) is 0 Å². The Morgan fingerprint density at radius 3 is 2.90 bits per heavy atom. The Labute approximate surface area is 126 Å². The van der Waals surface area contributed by atoms with Gasteiger partial charge in [-0.1, -0.05) is 18.5 Å². The molecule has 116 valence electrons. The predicted octanol–water partition coefficient (Wildman–Crippen LogP) is 1.43. The summed E-state index contributed by atoms with van der Waals surface area (Å²) in [6.45, 7) is 8.27. The van der Waals surface area contributed by atoms with Crippen LogP contribution < -0.4 is 5.32 Å². The molecule has 1 rings (SSSR count). The van der Waals surface area contributed by atoms with E-state index in [-0.39, 0.29) is 25.7 Å². The van der Waals surface area contributed by atoms with Gasteiger partial charge in [-0.15, -0.1) is 13.2 Å². The van der Waals surface area contributed by atoms with Gasteiger partial charge in [-0.05, 0) is 0 Å². The van der Waals surface area contributed by atoms with Crippen LogP contribution in [-0.2, 0) is 9.47 Å². The lowest BCUT2D eigenvalue weighted by Crippen LogP contribution is -2.49. The van der Waals surface area contributed by atoms with E-state index in [0.717, 1.165) is 0 Å². The van der Waals surface area contributed by atoms with Gasteiger partial charge in [0.25, 0.3) is 0 Å². The van der Waals surface area contributed by atoms with E-state index in [1.165, 1.54) is 11.0 Å². The molecular formula is C14H22BFN2O3. The van der Waals surface area contributed by atoms with Crippen LogP contribution in [0.2, 0.25) is 6.32 Å². The number of carbonyl (C=O) groups excluding carboxylic acids is 1. The molecule has 1 aliphatic rings. The van der Waals surface area contributed by atoms with Crippen LogP contribution >= 0.6 is 0 Å². The lowest BCUT2D eigenvalue weighted by molar-refractivity contribution is -0.0712. The monoisotopic (exact) mass is 296 g/mol. The van der Waals surface area contributed by atoms with Crippen molar-refractivity contribution in [2.45, 2.75) is 31.2 Å². The van der Waals surface area contributed by atoms with Crippen molar-refractivity contribution < 1.29 is 18.7 Å². The molecule has 1 aliphatic heterocycles. The summed E-state index contributed by atoms with van der Waals surface area (Å²) in [5.41, 5.74) is 0. The largest absolute Gasteiger partial charge is 0.380 e. The standard InChI is InChI=1S/C14H22BFN2O3/c1-3-6-17-14(19)18(7-4-2)13-12(16)9-11(21-13)10-20-8-5-15/h3-4,11-13H,1-2,5-10H2,(H,17,19)/t11-,12-,13?/m0/s1. The van der Waals surface area contributed by atoms with Crippen molar-refractivity contribution in [1.29, 1.82) is 0 Å². The zero-order valence-corrected chi connectivity index (χ0v) is 12.2. The average Bonchev–Trinajstić information content (AvgIpc) is 2.83. The van der Waals surface area contributed by atoms with E-state index in [9.17, 15) is 9.18 Å². The molecule has 0 spiro atoms. The number of nitrogens with one attached hydrogen (secondary N) is 1. The van der Waals surface area contributed by atoms with Gasteiger partial charge in [-0.3, -0.25) is 4.90 Å². The fourth-order valence-electron chi connectivity index (χ4n) is 2.08. The smallest absolute Gasteiger partial charge is 0.320 e. The minimum absolute atomic E-state index is 0.192. The second kappa shape index (κ2) is 9.57. The highest BCUT2D eigenvalue weighted by Crippen LogP contribution is 2.26. The van der Waals surface area contributed by atoms with Crippen LogP contribution in [0.1, 0.15) is 6.42 Å². The molecule has 21 heavy (non-hydrogen) atoms. The maximum Gasteiger partial charge on any atom is 0.320 e. The minimum Gasteiger partial charge on any atom is -0.380 e. The molecule has 7 heteroatoms. The van der Waals surface area contributed by atoms with Crippen LogP contribution in [0.5, 0.6) is 0 Å². The first kappa shape index (κ1) is 17.7.